The van der Waals surface area contributed by atoms with E-state index < -0.39 is 0 Å². The van der Waals surface area contributed by atoms with Crippen molar-refractivity contribution in [3.8, 4) is 0 Å². The highest BCUT2D eigenvalue weighted by atomic mass is 32.1. The summed E-state index contributed by atoms with van der Waals surface area (Å²) in [7, 11) is 0. The highest BCUT2D eigenvalue weighted by Crippen LogP contribution is 2.49. The van der Waals surface area contributed by atoms with Crippen molar-refractivity contribution in [1.82, 2.24) is 4.98 Å². The van der Waals surface area contributed by atoms with Crippen LogP contribution in [-0.2, 0) is 12.0 Å². The van der Waals surface area contributed by atoms with Crippen LogP contribution in [0.1, 0.15) is 35.5 Å². The van der Waals surface area contributed by atoms with Gasteiger partial charge in [-0.3, -0.25) is 0 Å². The van der Waals surface area contributed by atoms with Gasteiger partial charge in [-0.2, -0.15) is 0 Å². The lowest BCUT2D eigenvalue weighted by molar-refractivity contribution is 0.273. The van der Waals surface area contributed by atoms with Crippen LogP contribution in [0.3, 0.4) is 0 Å². The van der Waals surface area contributed by atoms with Crippen molar-refractivity contribution in [2.75, 3.05) is 0 Å². The average Bonchev–Trinajstić information content (AvgIpc) is 2.78. The lowest BCUT2D eigenvalue weighted by Crippen LogP contribution is -2.35. The topological polar surface area (TPSA) is 33.1 Å². The second kappa shape index (κ2) is 4.24. The molecular weight excluding hydrogens is 230 g/mol. The van der Waals surface area contributed by atoms with Crippen LogP contribution in [0.15, 0.2) is 35.7 Å². The van der Waals surface area contributed by atoms with E-state index in [1.54, 1.807) is 11.3 Å². The maximum Gasteiger partial charge on any atom is 0.103 e. The Morgan fingerprint density at radius 3 is 2.53 bits per heavy atom. The van der Waals surface area contributed by atoms with Crippen LogP contribution in [0.25, 0.3) is 0 Å². The number of aromatic nitrogens is 1. The van der Waals surface area contributed by atoms with Crippen molar-refractivity contribution in [3.05, 3.63) is 52.0 Å². The lowest BCUT2D eigenvalue weighted by atomic mass is 9.65. The summed E-state index contributed by atoms with van der Waals surface area (Å²) in [5.74, 6) is 0. The smallest absolute Gasteiger partial charge is 0.103 e. The average molecular weight is 245 g/mol. The minimum atomic E-state index is 0.0430. The zero-order valence-electron chi connectivity index (χ0n) is 9.60. The fourth-order valence-electron chi connectivity index (χ4n) is 2.51. The molecule has 1 saturated carbocycles. The minimum Gasteiger partial charge on any atom is -0.390 e. The standard InChI is InChI=1S/C14H15NOS/c16-9-12-10-17-13(15-12)14(7-4-8-14)11-5-2-1-3-6-11/h1-3,5-6,10,16H,4,7-9H2. The molecule has 0 aliphatic heterocycles. The number of benzene rings is 1. The predicted octanol–water partition coefficient (Wildman–Crippen LogP) is 3.11. The van der Waals surface area contributed by atoms with E-state index in [1.165, 1.54) is 29.8 Å². The van der Waals surface area contributed by atoms with Crippen LogP contribution >= 0.6 is 11.3 Å². The first kappa shape index (κ1) is 10.9. The predicted molar refractivity (Wildman–Crippen MR) is 69.1 cm³/mol. The molecule has 1 aliphatic rings. The van der Waals surface area contributed by atoms with Crippen LogP contribution < -0.4 is 0 Å². The molecule has 0 amide bonds. The number of hydrogen-bond acceptors (Lipinski definition) is 3. The first-order valence-electron chi connectivity index (χ1n) is 5.96. The highest BCUT2D eigenvalue weighted by molar-refractivity contribution is 7.09. The Bertz CT molecular complexity index is 502. The summed E-state index contributed by atoms with van der Waals surface area (Å²) in [5, 5.41) is 12.3. The molecule has 2 aromatic rings. The maximum atomic E-state index is 9.12. The Morgan fingerprint density at radius 2 is 2.00 bits per heavy atom. The summed E-state index contributed by atoms with van der Waals surface area (Å²) in [5.41, 5.74) is 2.29. The first-order valence-corrected chi connectivity index (χ1v) is 6.84. The molecule has 1 heterocycles. The quantitative estimate of drug-likeness (QED) is 0.901. The van der Waals surface area contributed by atoms with Gasteiger partial charge < -0.3 is 5.11 Å². The number of hydrogen-bond donors (Lipinski definition) is 1. The van der Waals surface area contributed by atoms with E-state index in [1.807, 2.05) is 5.38 Å². The van der Waals surface area contributed by atoms with E-state index in [2.05, 4.69) is 35.3 Å². The zero-order chi connectivity index (χ0) is 11.7. The Hall–Kier alpha value is -1.19. The highest BCUT2D eigenvalue weighted by Gasteiger charge is 2.42. The van der Waals surface area contributed by atoms with Gasteiger partial charge in [-0.1, -0.05) is 36.8 Å². The second-order valence-electron chi connectivity index (χ2n) is 4.60. The molecule has 3 heteroatoms. The normalized spacial score (nSPS) is 17.7. The third kappa shape index (κ3) is 1.70. The molecule has 1 aromatic heterocycles. The van der Waals surface area contributed by atoms with E-state index in [0.29, 0.717) is 0 Å². The number of thiazole rings is 1. The zero-order valence-corrected chi connectivity index (χ0v) is 10.4. The summed E-state index contributed by atoms with van der Waals surface area (Å²) >= 11 is 1.68. The van der Waals surface area contributed by atoms with Crippen molar-refractivity contribution in [2.45, 2.75) is 31.3 Å². The molecule has 3 rings (SSSR count). The van der Waals surface area contributed by atoms with Gasteiger partial charge >= 0.3 is 0 Å². The third-order valence-electron chi connectivity index (χ3n) is 3.66. The molecule has 17 heavy (non-hydrogen) atoms. The second-order valence-corrected chi connectivity index (χ2v) is 5.46. The van der Waals surface area contributed by atoms with Crippen LogP contribution in [0.5, 0.6) is 0 Å². The summed E-state index contributed by atoms with van der Waals surface area (Å²) < 4.78 is 0. The maximum absolute atomic E-state index is 9.12. The SMILES string of the molecule is OCc1csc(C2(c3ccccc3)CCC2)n1. The number of rotatable bonds is 3. The van der Waals surface area contributed by atoms with E-state index in [0.717, 1.165) is 5.69 Å². The number of aliphatic hydroxyl groups excluding tert-OH is 1. The molecule has 1 N–H and O–H groups in total. The largest absolute Gasteiger partial charge is 0.390 e. The van der Waals surface area contributed by atoms with Crippen molar-refractivity contribution in [1.29, 1.82) is 0 Å². The fourth-order valence-corrected chi connectivity index (χ4v) is 3.61. The van der Waals surface area contributed by atoms with Crippen molar-refractivity contribution >= 4 is 11.3 Å². The van der Waals surface area contributed by atoms with Crippen LogP contribution in [0.4, 0.5) is 0 Å². The third-order valence-corrected chi connectivity index (χ3v) is 4.75. The van der Waals surface area contributed by atoms with Gasteiger partial charge in [0.15, 0.2) is 0 Å². The minimum absolute atomic E-state index is 0.0430. The summed E-state index contributed by atoms with van der Waals surface area (Å²) in [6.07, 6.45) is 3.62. The van der Waals surface area contributed by atoms with Gasteiger partial charge in [0.25, 0.3) is 0 Å². The molecule has 1 aliphatic carbocycles. The Morgan fingerprint density at radius 1 is 1.24 bits per heavy atom. The van der Waals surface area contributed by atoms with E-state index in [4.69, 9.17) is 5.11 Å². The Labute approximate surface area is 105 Å². The molecule has 0 radical (unpaired) electrons. The van der Waals surface area contributed by atoms with Gasteiger partial charge in [0, 0.05) is 10.8 Å². The first-order chi connectivity index (χ1) is 8.35. The van der Waals surface area contributed by atoms with Gasteiger partial charge in [-0.25, -0.2) is 4.98 Å². The molecule has 0 atom stereocenters. The molecule has 0 unspecified atom stereocenters. The summed E-state index contributed by atoms with van der Waals surface area (Å²) in [6.45, 7) is 0.0430. The van der Waals surface area contributed by atoms with E-state index in [9.17, 15) is 0 Å². The molecule has 88 valence electrons. The van der Waals surface area contributed by atoms with Crippen molar-refractivity contribution < 1.29 is 5.11 Å². The van der Waals surface area contributed by atoms with Crippen LogP contribution in [0.2, 0.25) is 0 Å². The molecule has 0 spiro atoms. The van der Waals surface area contributed by atoms with Gasteiger partial charge in [-0.05, 0) is 18.4 Å². The van der Waals surface area contributed by atoms with E-state index in [-0.39, 0.29) is 12.0 Å². The van der Waals surface area contributed by atoms with E-state index >= 15 is 0 Å². The Kier molecular flexibility index (Phi) is 2.73. The molecule has 1 fully saturated rings. The van der Waals surface area contributed by atoms with Crippen molar-refractivity contribution in [2.24, 2.45) is 0 Å². The van der Waals surface area contributed by atoms with Gasteiger partial charge in [0.05, 0.1) is 12.3 Å². The van der Waals surface area contributed by atoms with Gasteiger partial charge in [0.1, 0.15) is 5.01 Å². The van der Waals surface area contributed by atoms with Crippen molar-refractivity contribution in [3.63, 3.8) is 0 Å². The molecule has 2 nitrogen and oxygen atoms in total. The molecule has 1 aromatic carbocycles. The fraction of sp³-hybridized carbons (Fsp3) is 0.357. The van der Waals surface area contributed by atoms with Crippen LogP contribution in [0, 0.1) is 0 Å². The van der Waals surface area contributed by atoms with Gasteiger partial charge in [-0.15, -0.1) is 11.3 Å². The lowest BCUT2D eigenvalue weighted by Gasteiger charge is -2.40. The molecule has 0 saturated heterocycles. The molecule has 0 bridgehead atoms. The number of nitrogens with zero attached hydrogens (tertiary/aromatic N) is 1. The number of aliphatic hydroxyl groups is 1. The summed E-state index contributed by atoms with van der Waals surface area (Å²) in [4.78, 5) is 4.57. The summed E-state index contributed by atoms with van der Waals surface area (Å²) in [6, 6.07) is 10.6. The van der Waals surface area contributed by atoms with Gasteiger partial charge in [0.2, 0.25) is 0 Å². The molecular formula is C14H15NOS. The Balaban J connectivity index is 2.02. The van der Waals surface area contributed by atoms with Crippen LogP contribution in [-0.4, -0.2) is 10.1 Å². The monoisotopic (exact) mass is 245 g/mol.